The van der Waals surface area contributed by atoms with E-state index < -0.39 is 0 Å². The van der Waals surface area contributed by atoms with Crippen LogP contribution >= 0.6 is 11.6 Å². The van der Waals surface area contributed by atoms with Crippen LogP contribution in [-0.2, 0) is 6.54 Å². The zero-order chi connectivity index (χ0) is 11.0. The second-order valence-electron chi connectivity index (χ2n) is 4.84. The summed E-state index contributed by atoms with van der Waals surface area (Å²) in [7, 11) is 0. The van der Waals surface area contributed by atoms with Crippen molar-refractivity contribution in [3.63, 3.8) is 0 Å². The highest BCUT2D eigenvalue weighted by Gasteiger charge is 2.35. The molecule has 86 valence electrons. The van der Waals surface area contributed by atoms with Crippen molar-refractivity contribution in [3.05, 3.63) is 29.0 Å². The normalized spacial score (nSPS) is 29.6. The third-order valence-corrected chi connectivity index (χ3v) is 4.06. The number of likely N-dealkylation sites (tertiary alicyclic amines) is 1. The molecule has 3 heterocycles. The quantitative estimate of drug-likeness (QED) is 0.843. The number of fused-ring (bicyclic) bond motifs is 1. The number of hydrogen-bond donors (Lipinski definition) is 1. The standard InChI is InChI=1S/C12H16ClN3/c13-12-5-14-2-1-9(12)6-16-7-10-3-15-4-11(10)8-16/h1-2,5,10-11,15H,3-4,6-8H2. The number of halogens is 1. The van der Waals surface area contributed by atoms with Gasteiger partial charge in [-0.15, -0.1) is 0 Å². The molecule has 1 N–H and O–H groups in total. The molecule has 16 heavy (non-hydrogen) atoms. The molecule has 3 rings (SSSR count). The molecule has 2 unspecified atom stereocenters. The molecule has 4 heteroatoms. The van der Waals surface area contributed by atoms with Crippen LogP contribution in [0.25, 0.3) is 0 Å². The van der Waals surface area contributed by atoms with Crippen molar-refractivity contribution < 1.29 is 0 Å². The molecule has 1 aromatic heterocycles. The predicted octanol–water partition coefficient (Wildman–Crippen LogP) is 1.39. The minimum Gasteiger partial charge on any atom is -0.316 e. The van der Waals surface area contributed by atoms with Crippen LogP contribution in [-0.4, -0.2) is 36.1 Å². The lowest BCUT2D eigenvalue weighted by molar-refractivity contribution is 0.305. The maximum absolute atomic E-state index is 6.12. The largest absolute Gasteiger partial charge is 0.316 e. The van der Waals surface area contributed by atoms with Gasteiger partial charge >= 0.3 is 0 Å². The average Bonchev–Trinajstić information content (AvgIpc) is 2.81. The molecule has 0 aromatic carbocycles. The summed E-state index contributed by atoms with van der Waals surface area (Å²) in [5, 5.41) is 4.25. The second-order valence-corrected chi connectivity index (χ2v) is 5.25. The molecule has 3 nitrogen and oxygen atoms in total. The first-order valence-corrected chi connectivity index (χ1v) is 6.22. The summed E-state index contributed by atoms with van der Waals surface area (Å²) in [5.41, 5.74) is 1.20. The van der Waals surface area contributed by atoms with Gasteiger partial charge in [-0.2, -0.15) is 0 Å². The third kappa shape index (κ3) is 1.95. The maximum atomic E-state index is 6.12. The van der Waals surface area contributed by atoms with E-state index in [-0.39, 0.29) is 0 Å². The van der Waals surface area contributed by atoms with Crippen LogP contribution in [0, 0.1) is 11.8 Å². The van der Waals surface area contributed by atoms with Crippen LogP contribution in [0.15, 0.2) is 18.5 Å². The minimum absolute atomic E-state index is 0.790. The summed E-state index contributed by atoms with van der Waals surface area (Å²) in [4.78, 5) is 6.53. The van der Waals surface area contributed by atoms with E-state index in [0.29, 0.717) is 0 Å². The Morgan fingerprint density at radius 2 is 2.12 bits per heavy atom. The Bertz CT molecular complexity index is 370. The van der Waals surface area contributed by atoms with E-state index >= 15 is 0 Å². The zero-order valence-corrected chi connectivity index (χ0v) is 9.95. The van der Waals surface area contributed by atoms with Crippen LogP contribution in [0.5, 0.6) is 0 Å². The molecule has 2 aliphatic heterocycles. The molecular formula is C12H16ClN3. The van der Waals surface area contributed by atoms with Gasteiger partial charge in [0.25, 0.3) is 0 Å². The van der Waals surface area contributed by atoms with Crippen LogP contribution in [0.4, 0.5) is 0 Å². The fourth-order valence-corrected chi connectivity index (χ4v) is 3.03. The Morgan fingerprint density at radius 3 is 2.81 bits per heavy atom. The third-order valence-electron chi connectivity index (χ3n) is 3.72. The first-order valence-electron chi connectivity index (χ1n) is 5.84. The molecule has 2 fully saturated rings. The molecule has 2 aliphatic rings. The van der Waals surface area contributed by atoms with Gasteiger partial charge in [-0.1, -0.05) is 11.6 Å². The van der Waals surface area contributed by atoms with Crippen LogP contribution in [0.1, 0.15) is 5.56 Å². The van der Waals surface area contributed by atoms with Crippen LogP contribution < -0.4 is 5.32 Å². The monoisotopic (exact) mass is 237 g/mol. The Balaban J connectivity index is 1.66. The number of nitrogens with one attached hydrogen (secondary N) is 1. The van der Waals surface area contributed by atoms with Gasteiger partial charge in [0.1, 0.15) is 0 Å². The smallest absolute Gasteiger partial charge is 0.0634 e. The molecule has 0 saturated carbocycles. The number of rotatable bonds is 2. The highest BCUT2D eigenvalue weighted by Crippen LogP contribution is 2.28. The highest BCUT2D eigenvalue weighted by molar-refractivity contribution is 6.31. The molecule has 0 aliphatic carbocycles. The van der Waals surface area contributed by atoms with Gasteiger partial charge in [0.05, 0.1) is 5.02 Å². The van der Waals surface area contributed by atoms with Crippen molar-refractivity contribution in [1.82, 2.24) is 15.2 Å². The lowest BCUT2D eigenvalue weighted by Crippen LogP contribution is -2.25. The zero-order valence-electron chi connectivity index (χ0n) is 9.19. The van der Waals surface area contributed by atoms with E-state index in [1.807, 2.05) is 12.3 Å². The van der Waals surface area contributed by atoms with E-state index in [1.54, 1.807) is 6.20 Å². The van der Waals surface area contributed by atoms with Gasteiger partial charge in [0.15, 0.2) is 0 Å². The fourth-order valence-electron chi connectivity index (χ4n) is 2.85. The van der Waals surface area contributed by atoms with Gasteiger partial charge in [-0.3, -0.25) is 9.88 Å². The van der Waals surface area contributed by atoms with Crippen molar-refractivity contribution >= 4 is 11.6 Å². The van der Waals surface area contributed by atoms with Gasteiger partial charge in [-0.05, 0) is 36.6 Å². The summed E-state index contributed by atoms with van der Waals surface area (Å²) < 4.78 is 0. The van der Waals surface area contributed by atoms with E-state index in [4.69, 9.17) is 11.6 Å². The molecule has 2 atom stereocenters. The fraction of sp³-hybridized carbons (Fsp3) is 0.583. The summed E-state index contributed by atoms with van der Waals surface area (Å²) in [5.74, 6) is 1.70. The van der Waals surface area contributed by atoms with Crippen molar-refractivity contribution in [2.45, 2.75) is 6.54 Å². The molecule has 0 radical (unpaired) electrons. The first kappa shape index (κ1) is 10.5. The highest BCUT2D eigenvalue weighted by atomic mass is 35.5. The average molecular weight is 238 g/mol. The summed E-state index contributed by atoms with van der Waals surface area (Å²) in [6, 6.07) is 2.02. The minimum atomic E-state index is 0.790. The number of aromatic nitrogens is 1. The Labute approximate surface area is 101 Å². The Hall–Kier alpha value is -0.640. The number of hydrogen-bond acceptors (Lipinski definition) is 3. The van der Waals surface area contributed by atoms with E-state index in [9.17, 15) is 0 Å². The van der Waals surface area contributed by atoms with Gasteiger partial charge in [0.2, 0.25) is 0 Å². The van der Waals surface area contributed by atoms with Crippen molar-refractivity contribution in [1.29, 1.82) is 0 Å². The molecular weight excluding hydrogens is 222 g/mol. The SMILES string of the molecule is Clc1cnccc1CN1CC2CNCC2C1. The Morgan fingerprint density at radius 1 is 1.38 bits per heavy atom. The van der Waals surface area contributed by atoms with Crippen LogP contribution in [0.2, 0.25) is 5.02 Å². The van der Waals surface area contributed by atoms with E-state index in [1.165, 1.54) is 31.7 Å². The molecule has 0 spiro atoms. The lowest BCUT2D eigenvalue weighted by Gasteiger charge is -2.17. The summed E-state index contributed by atoms with van der Waals surface area (Å²) in [6.07, 6.45) is 3.55. The van der Waals surface area contributed by atoms with Gasteiger partial charge < -0.3 is 5.32 Å². The van der Waals surface area contributed by atoms with E-state index in [2.05, 4.69) is 15.2 Å². The maximum Gasteiger partial charge on any atom is 0.0634 e. The first-order chi connectivity index (χ1) is 7.83. The van der Waals surface area contributed by atoms with Gasteiger partial charge in [-0.25, -0.2) is 0 Å². The van der Waals surface area contributed by atoms with Crippen molar-refractivity contribution in [3.8, 4) is 0 Å². The van der Waals surface area contributed by atoms with Gasteiger partial charge in [0, 0.05) is 32.0 Å². The molecule has 1 aromatic rings. The number of nitrogens with zero attached hydrogens (tertiary/aromatic N) is 2. The molecule has 2 saturated heterocycles. The summed E-state index contributed by atoms with van der Waals surface area (Å²) >= 11 is 6.12. The molecule has 0 bridgehead atoms. The lowest BCUT2D eigenvalue weighted by atomic mass is 10.0. The Kier molecular flexibility index (Phi) is 2.84. The van der Waals surface area contributed by atoms with Crippen LogP contribution in [0.3, 0.4) is 0 Å². The number of pyridine rings is 1. The second kappa shape index (κ2) is 4.32. The van der Waals surface area contributed by atoms with Crippen molar-refractivity contribution in [2.75, 3.05) is 26.2 Å². The predicted molar refractivity (Wildman–Crippen MR) is 64.4 cm³/mol. The molecule has 0 amide bonds. The van der Waals surface area contributed by atoms with Crippen molar-refractivity contribution in [2.24, 2.45) is 11.8 Å². The van der Waals surface area contributed by atoms with E-state index in [0.717, 1.165) is 23.4 Å². The topological polar surface area (TPSA) is 28.2 Å². The summed E-state index contributed by atoms with van der Waals surface area (Å²) in [6.45, 7) is 5.75.